The predicted octanol–water partition coefficient (Wildman–Crippen LogP) is 2.64. The molecule has 0 aromatic carbocycles. The first kappa shape index (κ1) is 14.8. The molecule has 5 nitrogen and oxygen atoms in total. The van der Waals surface area contributed by atoms with Crippen LogP contribution in [0.5, 0.6) is 0 Å². The van der Waals surface area contributed by atoms with E-state index in [1.165, 1.54) is 25.7 Å². The molecule has 6 heteroatoms. The number of hydrogen-bond acceptors (Lipinski definition) is 5. The Balaban J connectivity index is 2.16. The van der Waals surface area contributed by atoms with E-state index in [1.54, 1.807) is 11.8 Å². The lowest BCUT2D eigenvalue weighted by atomic mass is 9.88. The van der Waals surface area contributed by atoms with E-state index in [0.29, 0.717) is 11.3 Å². The Kier molecular flexibility index (Phi) is 4.50. The van der Waals surface area contributed by atoms with Gasteiger partial charge in [0.2, 0.25) is 5.16 Å². The number of thioether (sulfide) groups is 1. The van der Waals surface area contributed by atoms with Gasteiger partial charge in [-0.05, 0) is 35.6 Å². The predicted molar refractivity (Wildman–Crippen MR) is 78.1 cm³/mol. The molecule has 0 bridgehead atoms. The summed E-state index contributed by atoms with van der Waals surface area (Å²) in [7, 11) is 0. The van der Waals surface area contributed by atoms with Crippen molar-refractivity contribution in [1.29, 1.82) is 0 Å². The largest absolute Gasteiger partial charge is 0.327 e. The fraction of sp³-hybridized carbons (Fsp3) is 0.923. The first-order valence-electron chi connectivity index (χ1n) is 7.09. The molecule has 0 radical (unpaired) electrons. The molecule has 19 heavy (non-hydrogen) atoms. The molecule has 2 atom stereocenters. The molecule has 0 saturated heterocycles. The van der Waals surface area contributed by atoms with Crippen molar-refractivity contribution in [3.8, 4) is 0 Å². The van der Waals surface area contributed by atoms with Crippen LogP contribution < -0.4 is 5.73 Å². The summed E-state index contributed by atoms with van der Waals surface area (Å²) in [5, 5.41) is 13.5. The quantitative estimate of drug-likeness (QED) is 0.860. The van der Waals surface area contributed by atoms with Crippen molar-refractivity contribution < 1.29 is 0 Å². The van der Waals surface area contributed by atoms with Crippen molar-refractivity contribution in [2.24, 2.45) is 11.1 Å². The number of nitrogens with zero attached hydrogens (tertiary/aromatic N) is 4. The molecular formula is C13H25N5S. The van der Waals surface area contributed by atoms with Crippen LogP contribution in [0.15, 0.2) is 5.16 Å². The van der Waals surface area contributed by atoms with Crippen molar-refractivity contribution in [3.05, 3.63) is 0 Å². The van der Waals surface area contributed by atoms with Crippen LogP contribution in [0.3, 0.4) is 0 Å². The van der Waals surface area contributed by atoms with E-state index in [9.17, 15) is 0 Å². The van der Waals surface area contributed by atoms with Crippen LogP contribution in [0.1, 0.15) is 59.4 Å². The van der Waals surface area contributed by atoms with Gasteiger partial charge in [-0.25, -0.2) is 4.68 Å². The monoisotopic (exact) mass is 283 g/mol. The number of hydrogen-bond donors (Lipinski definition) is 1. The standard InChI is InChI=1S/C13H25N5S/c1-9(14)11(13(2,3)4)19-12-15-16-17-18(12)10-7-5-6-8-10/h9-11H,5-8,14H2,1-4H3. The minimum atomic E-state index is 0.110. The molecule has 0 amide bonds. The summed E-state index contributed by atoms with van der Waals surface area (Å²) in [5.41, 5.74) is 6.27. The molecule has 1 aromatic heterocycles. The van der Waals surface area contributed by atoms with E-state index < -0.39 is 0 Å². The Labute approximate surface area is 119 Å². The zero-order valence-corrected chi connectivity index (χ0v) is 13.2. The first-order valence-corrected chi connectivity index (χ1v) is 7.97. The van der Waals surface area contributed by atoms with E-state index in [-0.39, 0.29) is 11.5 Å². The zero-order chi connectivity index (χ0) is 14.0. The van der Waals surface area contributed by atoms with E-state index in [4.69, 9.17) is 5.73 Å². The maximum atomic E-state index is 6.14. The molecule has 2 unspecified atom stereocenters. The highest BCUT2D eigenvalue weighted by Gasteiger charge is 2.32. The number of rotatable bonds is 4. The average Bonchev–Trinajstić information content (AvgIpc) is 2.94. The molecule has 0 aliphatic heterocycles. The van der Waals surface area contributed by atoms with Crippen LogP contribution in [-0.4, -0.2) is 31.5 Å². The number of aromatic nitrogens is 4. The third-order valence-electron chi connectivity index (χ3n) is 3.70. The lowest BCUT2D eigenvalue weighted by Gasteiger charge is -2.32. The normalized spacial score (nSPS) is 20.7. The van der Waals surface area contributed by atoms with Gasteiger partial charge in [-0.2, -0.15) is 0 Å². The van der Waals surface area contributed by atoms with Gasteiger partial charge in [0.15, 0.2) is 0 Å². The molecule has 1 heterocycles. The minimum Gasteiger partial charge on any atom is -0.327 e. The molecule has 1 aromatic rings. The Morgan fingerprint density at radius 2 is 1.95 bits per heavy atom. The summed E-state index contributed by atoms with van der Waals surface area (Å²) in [5.74, 6) is 0. The van der Waals surface area contributed by atoms with Crippen LogP contribution in [0.25, 0.3) is 0 Å². The number of nitrogens with two attached hydrogens (primary N) is 1. The van der Waals surface area contributed by atoms with Gasteiger partial charge in [0.1, 0.15) is 0 Å². The molecule has 2 rings (SSSR count). The third kappa shape index (κ3) is 3.48. The second-order valence-electron chi connectivity index (χ2n) is 6.61. The average molecular weight is 283 g/mol. The van der Waals surface area contributed by atoms with E-state index in [2.05, 4.69) is 43.2 Å². The Bertz CT molecular complexity index is 403. The van der Waals surface area contributed by atoms with Crippen molar-refractivity contribution >= 4 is 11.8 Å². The third-order valence-corrected chi connectivity index (χ3v) is 5.57. The molecule has 108 valence electrons. The van der Waals surface area contributed by atoms with E-state index in [0.717, 1.165) is 5.16 Å². The van der Waals surface area contributed by atoms with Crippen molar-refractivity contribution in [2.45, 2.75) is 75.9 Å². The molecule has 1 aliphatic rings. The van der Waals surface area contributed by atoms with Crippen molar-refractivity contribution in [2.75, 3.05) is 0 Å². The maximum absolute atomic E-state index is 6.14. The summed E-state index contributed by atoms with van der Waals surface area (Å²) in [6.07, 6.45) is 4.95. The summed E-state index contributed by atoms with van der Waals surface area (Å²) >= 11 is 1.73. The van der Waals surface area contributed by atoms with Gasteiger partial charge in [-0.15, -0.1) is 5.10 Å². The molecule has 1 fully saturated rings. The van der Waals surface area contributed by atoms with Gasteiger partial charge < -0.3 is 5.73 Å². The van der Waals surface area contributed by atoms with Gasteiger partial charge in [0.05, 0.1) is 6.04 Å². The SMILES string of the molecule is CC(N)C(Sc1nnnn1C1CCCC1)C(C)(C)C. The van der Waals surface area contributed by atoms with Crippen LogP contribution in [-0.2, 0) is 0 Å². The maximum Gasteiger partial charge on any atom is 0.209 e. The van der Waals surface area contributed by atoms with Crippen LogP contribution in [0, 0.1) is 5.41 Å². The highest BCUT2D eigenvalue weighted by atomic mass is 32.2. The molecular weight excluding hydrogens is 258 g/mol. The molecule has 1 saturated carbocycles. The Hall–Kier alpha value is -0.620. The van der Waals surface area contributed by atoms with Crippen LogP contribution >= 0.6 is 11.8 Å². The minimum absolute atomic E-state index is 0.110. The molecule has 0 spiro atoms. The van der Waals surface area contributed by atoms with Crippen molar-refractivity contribution in [3.63, 3.8) is 0 Å². The fourth-order valence-electron chi connectivity index (χ4n) is 2.83. The summed E-state index contributed by atoms with van der Waals surface area (Å²) < 4.78 is 2.01. The lowest BCUT2D eigenvalue weighted by Crippen LogP contribution is -2.39. The summed E-state index contributed by atoms with van der Waals surface area (Å²) in [6, 6.07) is 0.588. The van der Waals surface area contributed by atoms with Crippen molar-refractivity contribution in [1.82, 2.24) is 20.2 Å². The zero-order valence-electron chi connectivity index (χ0n) is 12.3. The number of tetrazole rings is 1. The topological polar surface area (TPSA) is 69.6 Å². The second-order valence-corrected chi connectivity index (χ2v) is 7.72. The van der Waals surface area contributed by atoms with Crippen LogP contribution in [0.2, 0.25) is 0 Å². The van der Waals surface area contributed by atoms with E-state index in [1.807, 2.05) is 4.68 Å². The Morgan fingerprint density at radius 3 is 2.47 bits per heavy atom. The van der Waals surface area contributed by atoms with Gasteiger partial charge >= 0.3 is 0 Å². The smallest absolute Gasteiger partial charge is 0.209 e. The lowest BCUT2D eigenvalue weighted by molar-refractivity contribution is 0.360. The fourth-order valence-corrected chi connectivity index (χ4v) is 4.00. The first-order chi connectivity index (χ1) is 8.89. The highest BCUT2D eigenvalue weighted by molar-refractivity contribution is 7.99. The van der Waals surface area contributed by atoms with E-state index >= 15 is 0 Å². The van der Waals surface area contributed by atoms with Crippen LogP contribution in [0.4, 0.5) is 0 Å². The molecule has 2 N–H and O–H groups in total. The second kappa shape index (κ2) is 5.79. The van der Waals surface area contributed by atoms with Gasteiger partial charge in [0, 0.05) is 11.3 Å². The molecule has 1 aliphatic carbocycles. The van der Waals surface area contributed by atoms with Gasteiger partial charge in [-0.3, -0.25) is 0 Å². The van der Waals surface area contributed by atoms with Gasteiger partial charge in [-0.1, -0.05) is 45.4 Å². The highest BCUT2D eigenvalue weighted by Crippen LogP contribution is 2.38. The Morgan fingerprint density at radius 1 is 1.32 bits per heavy atom. The summed E-state index contributed by atoms with van der Waals surface area (Å²) in [4.78, 5) is 0. The summed E-state index contributed by atoms with van der Waals surface area (Å²) in [6.45, 7) is 8.72. The van der Waals surface area contributed by atoms with Gasteiger partial charge in [0.25, 0.3) is 0 Å².